The van der Waals surface area contributed by atoms with Crippen molar-refractivity contribution in [3.05, 3.63) is 53.2 Å². The predicted molar refractivity (Wildman–Crippen MR) is 100.0 cm³/mol. The summed E-state index contributed by atoms with van der Waals surface area (Å²) < 4.78 is 31.1. The SMILES string of the molecule is CN(C)c1cccc2c(S(=O)(=O)NN3C=c4cnoc4=CC3)cccc12. The summed E-state index contributed by atoms with van der Waals surface area (Å²) in [4.78, 5) is 4.82. The van der Waals surface area contributed by atoms with E-state index in [-0.39, 0.29) is 4.90 Å². The maximum atomic E-state index is 13.0. The van der Waals surface area contributed by atoms with Crippen LogP contribution in [0.4, 0.5) is 5.69 Å². The lowest BCUT2D eigenvalue weighted by atomic mass is 10.1. The third-order valence-electron chi connectivity index (χ3n) is 4.26. The second-order valence-electron chi connectivity index (χ2n) is 6.25. The van der Waals surface area contributed by atoms with Crippen molar-refractivity contribution < 1.29 is 12.9 Å². The van der Waals surface area contributed by atoms with E-state index in [0.29, 0.717) is 17.3 Å². The second-order valence-corrected chi connectivity index (χ2v) is 7.88. The Morgan fingerprint density at radius 3 is 2.73 bits per heavy atom. The van der Waals surface area contributed by atoms with Crippen molar-refractivity contribution in [2.75, 3.05) is 25.5 Å². The van der Waals surface area contributed by atoms with E-state index in [9.17, 15) is 8.42 Å². The number of sulfonamides is 1. The molecular formula is C18H18N4O3S. The quantitative estimate of drug-likeness (QED) is 0.725. The largest absolute Gasteiger partial charge is 0.377 e. The normalized spacial score (nSPS) is 13.8. The number of fused-ring (bicyclic) bond motifs is 2. The van der Waals surface area contributed by atoms with Crippen LogP contribution < -0.4 is 20.4 Å². The molecule has 0 spiro atoms. The van der Waals surface area contributed by atoms with Crippen molar-refractivity contribution in [1.29, 1.82) is 0 Å². The molecule has 1 aliphatic heterocycles. The van der Waals surface area contributed by atoms with Crippen LogP contribution in [0.2, 0.25) is 0 Å². The second kappa shape index (κ2) is 6.15. The summed E-state index contributed by atoms with van der Waals surface area (Å²) in [5, 5.41) is 7.51. The van der Waals surface area contributed by atoms with Crippen LogP contribution in [0.25, 0.3) is 23.0 Å². The first-order valence-electron chi connectivity index (χ1n) is 8.06. The van der Waals surface area contributed by atoms with E-state index in [4.69, 9.17) is 4.52 Å². The van der Waals surface area contributed by atoms with Crippen molar-refractivity contribution in [2.45, 2.75) is 4.90 Å². The fourth-order valence-electron chi connectivity index (χ4n) is 3.07. The van der Waals surface area contributed by atoms with E-state index in [1.165, 1.54) is 5.01 Å². The number of benzene rings is 2. The smallest absolute Gasteiger partial charge is 0.258 e. The maximum absolute atomic E-state index is 13.0. The van der Waals surface area contributed by atoms with Crippen molar-refractivity contribution in [3.63, 3.8) is 0 Å². The van der Waals surface area contributed by atoms with Gasteiger partial charge in [-0.05, 0) is 18.2 Å². The fourth-order valence-corrected chi connectivity index (χ4v) is 4.33. The molecule has 1 aromatic heterocycles. The van der Waals surface area contributed by atoms with Crippen LogP contribution in [0.5, 0.6) is 0 Å². The Balaban J connectivity index is 1.76. The molecule has 0 aliphatic carbocycles. The molecule has 8 heteroatoms. The summed E-state index contributed by atoms with van der Waals surface area (Å²) >= 11 is 0. The minimum atomic E-state index is -3.76. The van der Waals surface area contributed by atoms with E-state index in [2.05, 4.69) is 9.99 Å². The lowest BCUT2D eigenvalue weighted by Crippen LogP contribution is -2.43. The standard InChI is InChI=1S/C18H18N4O3S/c1-21(2)16-7-3-6-15-14(16)5-4-8-18(15)26(23,24)20-22-10-9-17-13(12-22)11-19-25-17/h3-9,11-12,20H,10H2,1-2H3. The van der Waals surface area contributed by atoms with Crippen LogP contribution in [0, 0.1) is 0 Å². The molecule has 0 saturated carbocycles. The van der Waals surface area contributed by atoms with Gasteiger partial charge in [0.15, 0.2) is 5.42 Å². The molecule has 0 unspecified atom stereocenters. The Bertz CT molecular complexity index is 1200. The van der Waals surface area contributed by atoms with Crippen LogP contribution in [-0.2, 0) is 10.0 Å². The first-order chi connectivity index (χ1) is 12.5. The summed E-state index contributed by atoms with van der Waals surface area (Å²) in [6.45, 7) is 0.356. The molecule has 26 heavy (non-hydrogen) atoms. The van der Waals surface area contributed by atoms with Crippen LogP contribution in [-0.4, -0.2) is 39.2 Å². The van der Waals surface area contributed by atoms with Crippen molar-refractivity contribution >= 4 is 38.8 Å². The molecule has 1 aliphatic rings. The first-order valence-corrected chi connectivity index (χ1v) is 9.55. The Kier molecular flexibility index (Phi) is 3.93. The van der Waals surface area contributed by atoms with Crippen molar-refractivity contribution in [3.8, 4) is 0 Å². The highest BCUT2D eigenvalue weighted by Crippen LogP contribution is 2.30. The summed E-state index contributed by atoms with van der Waals surface area (Å²) in [6.07, 6.45) is 4.99. The molecule has 0 amide bonds. The van der Waals surface area contributed by atoms with Crippen LogP contribution in [0.15, 0.2) is 52.0 Å². The van der Waals surface area contributed by atoms with E-state index >= 15 is 0 Å². The number of rotatable bonds is 4. The number of nitrogens with one attached hydrogen (secondary N) is 1. The van der Waals surface area contributed by atoms with E-state index in [1.807, 2.05) is 43.3 Å². The van der Waals surface area contributed by atoms with Gasteiger partial charge in [-0.1, -0.05) is 29.4 Å². The molecule has 0 radical (unpaired) electrons. The molecule has 1 N–H and O–H groups in total. The molecule has 7 nitrogen and oxygen atoms in total. The van der Waals surface area contributed by atoms with E-state index in [0.717, 1.165) is 16.3 Å². The maximum Gasteiger partial charge on any atom is 0.258 e. The highest BCUT2D eigenvalue weighted by atomic mass is 32.2. The zero-order valence-corrected chi connectivity index (χ0v) is 15.2. The average Bonchev–Trinajstić information content (AvgIpc) is 3.08. The fraction of sp³-hybridized carbons (Fsp3) is 0.167. The summed E-state index contributed by atoms with van der Waals surface area (Å²) in [6, 6.07) is 10.9. The summed E-state index contributed by atoms with van der Waals surface area (Å²) in [5.41, 5.74) is 1.60. The van der Waals surface area contributed by atoms with Gasteiger partial charge in [0.05, 0.1) is 22.9 Å². The number of hydrogen-bond acceptors (Lipinski definition) is 6. The minimum Gasteiger partial charge on any atom is -0.377 e. The van der Waals surface area contributed by atoms with Gasteiger partial charge in [0, 0.05) is 36.8 Å². The summed E-state index contributed by atoms with van der Waals surface area (Å²) in [7, 11) is 0.108. The first kappa shape index (κ1) is 16.6. The monoisotopic (exact) mass is 370 g/mol. The van der Waals surface area contributed by atoms with Crippen LogP contribution in [0.3, 0.4) is 0 Å². The lowest BCUT2D eigenvalue weighted by molar-refractivity contribution is 0.376. The van der Waals surface area contributed by atoms with Crippen molar-refractivity contribution in [2.24, 2.45) is 0 Å². The third-order valence-corrected chi connectivity index (χ3v) is 5.67. The van der Waals surface area contributed by atoms with Gasteiger partial charge in [-0.3, -0.25) is 5.01 Å². The van der Waals surface area contributed by atoms with Crippen LogP contribution in [0.1, 0.15) is 0 Å². The molecule has 0 atom stereocenters. The van der Waals surface area contributed by atoms with Gasteiger partial charge in [0.2, 0.25) is 0 Å². The molecule has 2 heterocycles. The third kappa shape index (κ3) is 2.83. The predicted octanol–water partition coefficient (Wildman–Crippen LogP) is 0.621. The average molecular weight is 370 g/mol. The molecule has 3 aromatic rings. The molecule has 0 saturated heterocycles. The Morgan fingerprint density at radius 2 is 1.92 bits per heavy atom. The highest BCUT2D eigenvalue weighted by Gasteiger charge is 2.21. The van der Waals surface area contributed by atoms with E-state index < -0.39 is 10.0 Å². The number of hydrazine groups is 1. The Hall–Kier alpha value is -2.84. The Labute approximate surface area is 150 Å². The molecule has 0 bridgehead atoms. The minimum absolute atomic E-state index is 0.239. The number of hydrogen-bond donors (Lipinski definition) is 1. The van der Waals surface area contributed by atoms with E-state index in [1.54, 1.807) is 30.6 Å². The molecular weight excluding hydrogens is 352 g/mol. The lowest BCUT2D eigenvalue weighted by Gasteiger charge is -2.22. The van der Waals surface area contributed by atoms with Gasteiger partial charge in [-0.2, -0.15) is 0 Å². The highest BCUT2D eigenvalue weighted by molar-refractivity contribution is 7.89. The van der Waals surface area contributed by atoms with Gasteiger partial charge >= 0.3 is 0 Å². The van der Waals surface area contributed by atoms with Crippen molar-refractivity contribution in [1.82, 2.24) is 15.0 Å². The molecule has 0 fully saturated rings. The number of anilines is 1. The van der Waals surface area contributed by atoms with Gasteiger partial charge in [0.25, 0.3) is 10.0 Å². The summed E-state index contributed by atoms with van der Waals surface area (Å²) in [5.74, 6) is 0. The molecule has 4 rings (SSSR count). The number of nitrogens with zero attached hydrogens (tertiary/aromatic N) is 3. The number of aromatic nitrogens is 1. The van der Waals surface area contributed by atoms with Gasteiger partial charge in [0.1, 0.15) is 0 Å². The topological polar surface area (TPSA) is 78.7 Å². The van der Waals surface area contributed by atoms with Gasteiger partial charge in [-0.25, -0.2) is 8.42 Å². The molecule has 134 valence electrons. The van der Waals surface area contributed by atoms with Gasteiger partial charge < -0.3 is 9.42 Å². The zero-order chi connectivity index (χ0) is 18.3. The Morgan fingerprint density at radius 1 is 1.15 bits per heavy atom. The van der Waals surface area contributed by atoms with Gasteiger partial charge in [-0.15, -0.1) is 4.83 Å². The molecule has 2 aromatic carbocycles. The van der Waals surface area contributed by atoms with Crippen LogP contribution >= 0.6 is 0 Å². The zero-order valence-electron chi connectivity index (χ0n) is 14.4.